The van der Waals surface area contributed by atoms with Crippen molar-refractivity contribution in [1.29, 1.82) is 0 Å². The number of likely N-dealkylation sites (tertiary alicyclic amines) is 1. The molecule has 5 heteroatoms. The minimum Gasteiger partial charge on any atom is -0.481 e. The van der Waals surface area contributed by atoms with Crippen LogP contribution in [0.5, 0.6) is 0 Å². The van der Waals surface area contributed by atoms with Crippen LogP contribution in [0.25, 0.3) is 0 Å². The standard InChI is InChI=1S/C11H14ClNO3/c12-10-4-3-9(16-10)8(11(14)15)7-13-5-1-2-6-13/h3-4,8H,1-2,5-7H2,(H,14,15). The highest BCUT2D eigenvalue weighted by atomic mass is 35.5. The van der Waals surface area contributed by atoms with Crippen LogP contribution in [0.4, 0.5) is 0 Å². The maximum Gasteiger partial charge on any atom is 0.315 e. The van der Waals surface area contributed by atoms with E-state index in [9.17, 15) is 4.79 Å². The zero-order valence-corrected chi connectivity index (χ0v) is 9.61. The van der Waals surface area contributed by atoms with Crippen molar-refractivity contribution in [2.45, 2.75) is 18.8 Å². The molecular weight excluding hydrogens is 230 g/mol. The largest absolute Gasteiger partial charge is 0.481 e. The Balaban J connectivity index is 2.07. The van der Waals surface area contributed by atoms with Crippen LogP contribution < -0.4 is 0 Å². The molecule has 0 bridgehead atoms. The molecule has 1 N–H and O–H groups in total. The molecule has 1 aromatic heterocycles. The number of hydrogen-bond acceptors (Lipinski definition) is 3. The Labute approximate surface area is 98.8 Å². The first-order valence-corrected chi connectivity index (χ1v) is 5.75. The second-order valence-corrected chi connectivity index (χ2v) is 4.41. The number of carboxylic acids is 1. The summed E-state index contributed by atoms with van der Waals surface area (Å²) in [6.07, 6.45) is 2.29. The third kappa shape index (κ3) is 2.57. The van der Waals surface area contributed by atoms with Gasteiger partial charge in [-0.1, -0.05) is 0 Å². The van der Waals surface area contributed by atoms with Crippen LogP contribution >= 0.6 is 11.6 Å². The maximum atomic E-state index is 11.2. The minimum atomic E-state index is -0.863. The van der Waals surface area contributed by atoms with E-state index in [4.69, 9.17) is 21.1 Å². The Morgan fingerprint density at radius 2 is 2.19 bits per heavy atom. The quantitative estimate of drug-likeness (QED) is 0.881. The zero-order chi connectivity index (χ0) is 11.5. The van der Waals surface area contributed by atoms with Crippen molar-refractivity contribution in [2.75, 3.05) is 19.6 Å². The lowest BCUT2D eigenvalue weighted by molar-refractivity contribution is -0.139. The highest BCUT2D eigenvalue weighted by molar-refractivity contribution is 6.28. The summed E-state index contributed by atoms with van der Waals surface area (Å²) in [5, 5.41) is 9.41. The lowest BCUT2D eigenvalue weighted by Crippen LogP contribution is -2.29. The van der Waals surface area contributed by atoms with Gasteiger partial charge in [0.1, 0.15) is 11.7 Å². The lowest BCUT2D eigenvalue weighted by atomic mass is 10.1. The van der Waals surface area contributed by atoms with Gasteiger partial charge in [0, 0.05) is 6.54 Å². The Kier molecular flexibility index (Phi) is 3.51. The second kappa shape index (κ2) is 4.89. The van der Waals surface area contributed by atoms with E-state index in [-0.39, 0.29) is 5.22 Å². The predicted molar refractivity (Wildman–Crippen MR) is 59.8 cm³/mol. The number of rotatable bonds is 4. The molecule has 88 valence electrons. The number of nitrogens with zero attached hydrogens (tertiary/aromatic N) is 1. The van der Waals surface area contributed by atoms with Crippen LogP contribution in [0.15, 0.2) is 16.5 Å². The van der Waals surface area contributed by atoms with Gasteiger partial charge in [0.15, 0.2) is 5.22 Å². The molecule has 1 aliphatic rings. The topological polar surface area (TPSA) is 53.7 Å². The van der Waals surface area contributed by atoms with Gasteiger partial charge < -0.3 is 14.4 Å². The summed E-state index contributed by atoms with van der Waals surface area (Å²) >= 11 is 5.65. The number of aliphatic carboxylic acids is 1. The minimum absolute atomic E-state index is 0.239. The fourth-order valence-electron chi connectivity index (χ4n) is 2.03. The van der Waals surface area contributed by atoms with E-state index in [0.29, 0.717) is 12.3 Å². The summed E-state index contributed by atoms with van der Waals surface area (Å²) in [7, 11) is 0. The Morgan fingerprint density at radius 3 is 2.69 bits per heavy atom. The average Bonchev–Trinajstić information content (AvgIpc) is 2.84. The molecule has 16 heavy (non-hydrogen) atoms. The van der Waals surface area contributed by atoms with Crippen LogP contribution in [0.3, 0.4) is 0 Å². The van der Waals surface area contributed by atoms with Crippen LogP contribution in [0.2, 0.25) is 5.22 Å². The molecule has 1 fully saturated rings. The van der Waals surface area contributed by atoms with Gasteiger partial charge >= 0.3 is 5.97 Å². The van der Waals surface area contributed by atoms with E-state index in [1.54, 1.807) is 12.1 Å². The van der Waals surface area contributed by atoms with Crippen molar-refractivity contribution in [3.8, 4) is 0 Å². The lowest BCUT2D eigenvalue weighted by Gasteiger charge is -2.18. The molecule has 1 saturated heterocycles. The normalized spacial score (nSPS) is 18.8. The van der Waals surface area contributed by atoms with Gasteiger partial charge in [-0.3, -0.25) is 4.79 Å². The summed E-state index contributed by atoms with van der Waals surface area (Å²) in [5.41, 5.74) is 0. The number of carboxylic acid groups (broad SMARTS) is 1. The molecule has 1 aliphatic heterocycles. The van der Waals surface area contributed by atoms with Crippen molar-refractivity contribution in [3.05, 3.63) is 23.1 Å². The number of hydrogen-bond donors (Lipinski definition) is 1. The highest BCUT2D eigenvalue weighted by Crippen LogP contribution is 2.24. The summed E-state index contributed by atoms with van der Waals surface area (Å²) in [6.45, 7) is 2.44. The molecule has 0 radical (unpaired) electrons. The third-order valence-corrected chi connectivity index (χ3v) is 3.08. The summed E-state index contributed by atoms with van der Waals surface area (Å²) in [5.74, 6) is -1.05. The summed E-state index contributed by atoms with van der Waals surface area (Å²) in [4.78, 5) is 13.3. The Hall–Kier alpha value is -1.00. The Morgan fingerprint density at radius 1 is 1.50 bits per heavy atom. The fraction of sp³-hybridized carbons (Fsp3) is 0.545. The molecule has 0 amide bonds. The molecule has 1 unspecified atom stereocenters. The average molecular weight is 244 g/mol. The molecule has 1 aromatic rings. The van der Waals surface area contributed by atoms with Crippen LogP contribution in [-0.2, 0) is 4.79 Å². The molecule has 2 rings (SSSR count). The molecule has 0 aromatic carbocycles. The van der Waals surface area contributed by atoms with E-state index in [1.807, 2.05) is 0 Å². The van der Waals surface area contributed by atoms with E-state index >= 15 is 0 Å². The highest BCUT2D eigenvalue weighted by Gasteiger charge is 2.27. The first kappa shape index (κ1) is 11.5. The molecule has 1 atom stereocenters. The first-order chi connectivity index (χ1) is 7.66. The first-order valence-electron chi connectivity index (χ1n) is 5.37. The van der Waals surface area contributed by atoms with Gasteiger partial charge in [-0.15, -0.1) is 0 Å². The number of furan rings is 1. The Bertz CT molecular complexity index is 371. The van der Waals surface area contributed by atoms with Crippen molar-refractivity contribution < 1.29 is 14.3 Å². The van der Waals surface area contributed by atoms with Crippen LogP contribution in [-0.4, -0.2) is 35.6 Å². The summed E-state index contributed by atoms with van der Waals surface area (Å²) < 4.78 is 5.18. The van der Waals surface area contributed by atoms with Gasteiger partial charge in [-0.05, 0) is 49.7 Å². The molecule has 0 aliphatic carbocycles. The van der Waals surface area contributed by atoms with E-state index in [0.717, 1.165) is 25.9 Å². The number of halogens is 1. The van der Waals surface area contributed by atoms with Crippen molar-refractivity contribution >= 4 is 17.6 Å². The predicted octanol–water partition coefficient (Wildman–Crippen LogP) is 2.20. The smallest absolute Gasteiger partial charge is 0.315 e. The SMILES string of the molecule is O=C(O)C(CN1CCCC1)c1ccc(Cl)o1. The third-order valence-electron chi connectivity index (χ3n) is 2.87. The number of carbonyl (C=O) groups is 1. The van der Waals surface area contributed by atoms with Crippen molar-refractivity contribution in [2.24, 2.45) is 0 Å². The molecule has 2 heterocycles. The van der Waals surface area contributed by atoms with Crippen LogP contribution in [0.1, 0.15) is 24.5 Å². The maximum absolute atomic E-state index is 11.2. The van der Waals surface area contributed by atoms with Gasteiger partial charge in [0.2, 0.25) is 0 Å². The van der Waals surface area contributed by atoms with E-state index < -0.39 is 11.9 Å². The van der Waals surface area contributed by atoms with Gasteiger partial charge in [0.25, 0.3) is 0 Å². The van der Waals surface area contributed by atoms with Gasteiger partial charge in [-0.25, -0.2) is 0 Å². The fourth-order valence-corrected chi connectivity index (χ4v) is 2.18. The van der Waals surface area contributed by atoms with E-state index in [1.165, 1.54) is 0 Å². The zero-order valence-electron chi connectivity index (χ0n) is 8.86. The summed E-state index contributed by atoms with van der Waals surface area (Å²) in [6, 6.07) is 3.22. The second-order valence-electron chi connectivity index (χ2n) is 4.04. The van der Waals surface area contributed by atoms with Crippen LogP contribution in [0, 0.1) is 0 Å². The van der Waals surface area contributed by atoms with Crippen molar-refractivity contribution in [1.82, 2.24) is 4.90 Å². The van der Waals surface area contributed by atoms with Gasteiger partial charge in [0.05, 0.1) is 0 Å². The molecule has 4 nitrogen and oxygen atoms in total. The molecule has 0 saturated carbocycles. The van der Waals surface area contributed by atoms with E-state index in [2.05, 4.69) is 4.90 Å². The molecular formula is C11H14ClNO3. The monoisotopic (exact) mass is 243 g/mol. The molecule has 0 spiro atoms. The van der Waals surface area contributed by atoms with Crippen molar-refractivity contribution in [3.63, 3.8) is 0 Å². The van der Waals surface area contributed by atoms with Gasteiger partial charge in [-0.2, -0.15) is 0 Å².